The van der Waals surface area contributed by atoms with E-state index in [1.54, 1.807) is 12.1 Å². The summed E-state index contributed by atoms with van der Waals surface area (Å²) in [5.41, 5.74) is 0.739. The van der Waals surface area contributed by atoms with E-state index in [1.165, 1.54) is 4.57 Å². The number of thiazole rings is 1. The second kappa shape index (κ2) is 8.52. The van der Waals surface area contributed by atoms with Crippen molar-refractivity contribution in [2.45, 2.75) is 13.0 Å². The van der Waals surface area contributed by atoms with Gasteiger partial charge >= 0.3 is 4.87 Å². The van der Waals surface area contributed by atoms with Crippen LogP contribution in [0, 0.1) is 0 Å². The van der Waals surface area contributed by atoms with E-state index in [0.717, 1.165) is 67.2 Å². The molecule has 0 bridgehead atoms. The second-order valence-corrected chi connectivity index (χ2v) is 8.38. The van der Waals surface area contributed by atoms with E-state index in [9.17, 15) is 9.59 Å². The Morgan fingerprint density at radius 2 is 1.96 bits per heavy atom. The number of aromatic nitrogens is 1. The summed E-state index contributed by atoms with van der Waals surface area (Å²) >= 11 is 7.20. The number of benzene rings is 1. The van der Waals surface area contributed by atoms with Crippen molar-refractivity contribution in [2.24, 2.45) is 0 Å². The number of carbonyl (C=O) groups excluding carboxylic acids is 1. The number of amides is 1. The molecule has 1 aromatic heterocycles. The molecule has 1 saturated heterocycles. The van der Waals surface area contributed by atoms with Crippen molar-refractivity contribution >= 4 is 39.1 Å². The lowest BCUT2D eigenvalue weighted by molar-refractivity contribution is -0.133. The third kappa shape index (κ3) is 4.65. The molecule has 1 amide bonds. The van der Waals surface area contributed by atoms with Crippen LogP contribution in [-0.2, 0) is 11.3 Å². The van der Waals surface area contributed by atoms with Crippen LogP contribution in [-0.4, -0.2) is 78.5 Å². The fourth-order valence-corrected chi connectivity index (χ4v) is 4.29. The fourth-order valence-electron chi connectivity index (χ4n) is 3.25. The van der Waals surface area contributed by atoms with Crippen molar-refractivity contribution in [3.63, 3.8) is 0 Å². The topological polar surface area (TPSA) is 48.8 Å². The molecule has 1 aromatic carbocycles. The van der Waals surface area contributed by atoms with E-state index >= 15 is 0 Å². The number of hydrogen-bond acceptors (Lipinski definition) is 5. The quantitative estimate of drug-likeness (QED) is 0.747. The summed E-state index contributed by atoms with van der Waals surface area (Å²) in [7, 11) is 4.17. The molecule has 0 atom stereocenters. The number of nitrogens with zero attached hydrogens (tertiary/aromatic N) is 4. The predicted octanol–water partition coefficient (Wildman–Crippen LogP) is 1.81. The van der Waals surface area contributed by atoms with Gasteiger partial charge in [0.15, 0.2) is 0 Å². The largest absolute Gasteiger partial charge is 0.339 e. The highest BCUT2D eigenvalue weighted by Crippen LogP contribution is 2.21. The Hall–Kier alpha value is -1.41. The number of hydrogen-bond donors (Lipinski definition) is 0. The van der Waals surface area contributed by atoms with Crippen molar-refractivity contribution < 1.29 is 4.79 Å². The molecule has 8 heteroatoms. The van der Waals surface area contributed by atoms with Crippen LogP contribution in [0.25, 0.3) is 10.2 Å². The molecule has 0 N–H and O–H groups in total. The minimum atomic E-state index is -0.113. The smallest absolute Gasteiger partial charge is 0.308 e. The lowest BCUT2D eigenvalue weighted by Crippen LogP contribution is -2.50. The molecule has 26 heavy (non-hydrogen) atoms. The maximum atomic E-state index is 12.7. The Morgan fingerprint density at radius 3 is 2.65 bits per heavy atom. The standard InChI is InChI=1S/C18H25ClN4O2S/c1-20(2)6-3-7-21-8-10-22(11-9-21)17(24)13-23-15-12-14(19)4-5-16(15)26-18(23)25/h4-5,12H,3,6-11,13H2,1-2H3. The molecule has 6 nitrogen and oxygen atoms in total. The van der Waals surface area contributed by atoms with Gasteiger partial charge in [-0.1, -0.05) is 22.9 Å². The molecule has 1 aliphatic heterocycles. The minimum absolute atomic E-state index is 0.000262. The Labute approximate surface area is 162 Å². The maximum Gasteiger partial charge on any atom is 0.308 e. The Balaban J connectivity index is 1.58. The summed E-state index contributed by atoms with van der Waals surface area (Å²) in [6.45, 7) is 5.45. The zero-order chi connectivity index (χ0) is 18.7. The van der Waals surface area contributed by atoms with Gasteiger partial charge in [-0.05, 0) is 51.8 Å². The molecule has 0 saturated carbocycles. The van der Waals surface area contributed by atoms with E-state index < -0.39 is 0 Å². The third-order valence-corrected chi connectivity index (χ3v) is 5.92. The van der Waals surface area contributed by atoms with Gasteiger partial charge in [-0.3, -0.25) is 19.1 Å². The molecular formula is C18H25ClN4O2S. The number of carbonyl (C=O) groups is 1. The molecule has 0 aliphatic carbocycles. The summed E-state index contributed by atoms with van der Waals surface area (Å²) in [5, 5.41) is 0.572. The molecule has 2 heterocycles. The van der Waals surface area contributed by atoms with Crippen LogP contribution in [0.2, 0.25) is 5.02 Å². The van der Waals surface area contributed by atoms with Crippen LogP contribution in [0.1, 0.15) is 6.42 Å². The molecule has 0 radical (unpaired) electrons. The van der Waals surface area contributed by atoms with Crippen LogP contribution in [0.15, 0.2) is 23.0 Å². The van der Waals surface area contributed by atoms with E-state index in [2.05, 4.69) is 23.9 Å². The first-order valence-electron chi connectivity index (χ1n) is 8.88. The third-order valence-electron chi connectivity index (χ3n) is 4.73. The SMILES string of the molecule is CN(C)CCCN1CCN(C(=O)Cn2c(=O)sc3ccc(Cl)cc32)CC1. The first kappa shape index (κ1) is 19.4. The highest BCUT2D eigenvalue weighted by Gasteiger charge is 2.22. The normalized spacial score (nSPS) is 15.9. The molecule has 3 rings (SSSR count). The van der Waals surface area contributed by atoms with E-state index in [0.29, 0.717) is 5.02 Å². The van der Waals surface area contributed by atoms with Crippen molar-refractivity contribution in [2.75, 3.05) is 53.4 Å². The van der Waals surface area contributed by atoms with E-state index in [4.69, 9.17) is 11.6 Å². The summed E-state index contributed by atoms with van der Waals surface area (Å²) in [6.07, 6.45) is 1.14. The lowest BCUT2D eigenvalue weighted by atomic mass is 10.2. The Bertz CT molecular complexity index is 824. The molecule has 0 unspecified atom stereocenters. The first-order chi connectivity index (χ1) is 12.4. The van der Waals surface area contributed by atoms with Crippen LogP contribution in [0.3, 0.4) is 0 Å². The number of fused-ring (bicyclic) bond motifs is 1. The fraction of sp³-hybridized carbons (Fsp3) is 0.556. The number of rotatable bonds is 6. The Morgan fingerprint density at radius 1 is 1.23 bits per heavy atom. The van der Waals surface area contributed by atoms with E-state index in [-0.39, 0.29) is 17.3 Å². The Kier molecular flexibility index (Phi) is 6.34. The van der Waals surface area contributed by atoms with Gasteiger partial charge in [0.1, 0.15) is 6.54 Å². The van der Waals surface area contributed by atoms with Crippen LogP contribution >= 0.6 is 22.9 Å². The van der Waals surface area contributed by atoms with Gasteiger partial charge in [-0.15, -0.1) is 0 Å². The highest BCUT2D eigenvalue weighted by molar-refractivity contribution is 7.16. The zero-order valence-electron chi connectivity index (χ0n) is 15.3. The monoisotopic (exact) mass is 396 g/mol. The van der Waals surface area contributed by atoms with Gasteiger partial charge in [0.05, 0.1) is 10.2 Å². The van der Waals surface area contributed by atoms with Gasteiger partial charge < -0.3 is 9.80 Å². The van der Waals surface area contributed by atoms with Crippen molar-refractivity contribution in [1.82, 2.24) is 19.3 Å². The van der Waals surface area contributed by atoms with Crippen molar-refractivity contribution in [3.8, 4) is 0 Å². The van der Waals surface area contributed by atoms with Crippen molar-refractivity contribution in [3.05, 3.63) is 32.9 Å². The van der Waals surface area contributed by atoms with Crippen LogP contribution in [0.4, 0.5) is 0 Å². The van der Waals surface area contributed by atoms with Gasteiger partial charge in [0, 0.05) is 31.2 Å². The molecule has 2 aromatic rings. The van der Waals surface area contributed by atoms with E-state index in [1.807, 2.05) is 11.0 Å². The van der Waals surface area contributed by atoms with Crippen LogP contribution in [0.5, 0.6) is 0 Å². The van der Waals surface area contributed by atoms with Gasteiger partial charge in [0.2, 0.25) is 5.91 Å². The number of piperazine rings is 1. The molecule has 1 fully saturated rings. The molecule has 142 valence electrons. The van der Waals surface area contributed by atoms with Crippen LogP contribution < -0.4 is 4.87 Å². The second-order valence-electron chi connectivity index (χ2n) is 6.95. The summed E-state index contributed by atoms with van der Waals surface area (Å²) in [5.74, 6) is -0.000262. The predicted molar refractivity (Wildman–Crippen MR) is 107 cm³/mol. The minimum Gasteiger partial charge on any atom is -0.339 e. The zero-order valence-corrected chi connectivity index (χ0v) is 16.9. The first-order valence-corrected chi connectivity index (χ1v) is 10.1. The maximum absolute atomic E-state index is 12.7. The summed E-state index contributed by atoms with van der Waals surface area (Å²) < 4.78 is 2.40. The van der Waals surface area contributed by atoms with Gasteiger partial charge in [-0.2, -0.15) is 0 Å². The summed E-state index contributed by atoms with van der Waals surface area (Å²) in [4.78, 5) is 31.3. The highest BCUT2D eigenvalue weighted by atomic mass is 35.5. The van der Waals surface area contributed by atoms with Gasteiger partial charge in [0.25, 0.3) is 0 Å². The molecule has 1 aliphatic rings. The van der Waals surface area contributed by atoms with Gasteiger partial charge in [-0.25, -0.2) is 0 Å². The molecular weight excluding hydrogens is 372 g/mol. The summed E-state index contributed by atoms with van der Waals surface area (Å²) in [6, 6.07) is 5.35. The van der Waals surface area contributed by atoms with Crippen molar-refractivity contribution in [1.29, 1.82) is 0 Å². The number of halogens is 1. The molecule has 0 spiro atoms. The lowest BCUT2D eigenvalue weighted by Gasteiger charge is -2.35. The average molecular weight is 397 g/mol. The average Bonchev–Trinajstić information content (AvgIpc) is 2.90.